The zero-order valence-corrected chi connectivity index (χ0v) is 11.6. The van der Waals surface area contributed by atoms with Crippen LogP contribution in [0.3, 0.4) is 0 Å². The Hall–Kier alpha value is -1.55. The molecule has 0 radical (unpaired) electrons. The summed E-state index contributed by atoms with van der Waals surface area (Å²) in [7, 11) is 1.66. The molecule has 1 aromatic carbocycles. The van der Waals surface area contributed by atoms with Gasteiger partial charge in [0.05, 0.1) is 12.6 Å². The van der Waals surface area contributed by atoms with E-state index in [1.807, 2.05) is 25.1 Å². The number of amides is 1. The number of hydrogen-bond donors (Lipinski definition) is 2. The predicted octanol–water partition coefficient (Wildman–Crippen LogP) is 1.95. The molecule has 2 unspecified atom stereocenters. The molecule has 19 heavy (non-hydrogen) atoms. The lowest BCUT2D eigenvalue weighted by atomic mass is 9.97. The average Bonchev–Trinajstić information content (AvgIpc) is 2.46. The summed E-state index contributed by atoms with van der Waals surface area (Å²) in [5, 5.41) is 6.36. The summed E-state index contributed by atoms with van der Waals surface area (Å²) in [4.78, 5) is 12.2. The molecular formula is C15H22N2O2. The molecule has 2 N–H and O–H groups in total. The van der Waals surface area contributed by atoms with Crippen LogP contribution in [0.2, 0.25) is 0 Å². The Morgan fingerprint density at radius 3 is 3.05 bits per heavy atom. The quantitative estimate of drug-likeness (QED) is 0.853. The molecule has 0 aromatic heterocycles. The van der Waals surface area contributed by atoms with Crippen LogP contribution >= 0.6 is 0 Å². The molecule has 0 bridgehead atoms. The third kappa shape index (κ3) is 3.47. The van der Waals surface area contributed by atoms with E-state index in [4.69, 9.17) is 4.74 Å². The maximum absolute atomic E-state index is 12.2. The number of carbonyl (C=O) groups is 1. The number of benzene rings is 1. The van der Waals surface area contributed by atoms with E-state index in [0.29, 0.717) is 6.61 Å². The molecule has 0 fully saturated rings. The van der Waals surface area contributed by atoms with Crippen molar-refractivity contribution in [1.29, 1.82) is 0 Å². The van der Waals surface area contributed by atoms with Gasteiger partial charge in [0.2, 0.25) is 5.91 Å². The number of anilines is 1. The fraction of sp³-hybridized carbons (Fsp3) is 0.533. The van der Waals surface area contributed by atoms with Crippen LogP contribution < -0.4 is 10.6 Å². The van der Waals surface area contributed by atoms with Crippen molar-refractivity contribution in [2.24, 2.45) is 0 Å². The second kappa shape index (κ2) is 6.57. The summed E-state index contributed by atoms with van der Waals surface area (Å²) in [6, 6.07) is 8.12. The van der Waals surface area contributed by atoms with E-state index in [0.717, 1.165) is 24.9 Å². The van der Waals surface area contributed by atoms with Crippen molar-refractivity contribution >= 4 is 11.6 Å². The summed E-state index contributed by atoms with van der Waals surface area (Å²) in [5.74, 6) is 0.0680. The van der Waals surface area contributed by atoms with Crippen molar-refractivity contribution in [3.05, 3.63) is 29.8 Å². The highest BCUT2D eigenvalue weighted by atomic mass is 16.5. The van der Waals surface area contributed by atoms with Gasteiger partial charge in [0.25, 0.3) is 0 Å². The minimum atomic E-state index is -0.138. The Balaban J connectivity index is 1.95. The summed E-state index contributed by atoms with van der Waals surface area (Å²) < 4.78 is 5.10. The van der Waals surface area contributed by atoms with Crippen molar-refractivity contribution in [3.8, 4) is 0 Å². The molecule has 4 nitrogen and oxygen atoms in total. The molecule has 0 saturated carbocycles. The van der Waals surface area contributed by atoms with Crippen LogP contribution in [-0.2, 0) is 16.0 Å². The first kappa shape index (κ1) is 13.9. The second-order valence-electron chi connectivity index (χ2n) is 4.96. The number of aryl methyl sites for hydroxylation is 1. The van der Waals surface area contributed by atoms with E-state index in [2.05, 4.69) is 16.7 Å². The average molecular weight is 262 g/mol. The Morgan fingerprint density at radius 2 is 2.32 bits per heavy atom. The first-order valence-electron chi connectivity index (χ1n) is 6.88. The van der Waals surface area contributed by atoms with Crippen molar-refractivity contribution < 1.29 is 9.53 Å². The van der Waals surface area contributed by atoms with Crippen LogP contribution in [0.5, 0.6) is 0 Å². The fourth-order valence-corrected chi connectivity index (χ4v) is 2.40. The largest absolute Gasteiger partial charge is 0.383 e. The Kier molecular flexibility index (Phi) is 4.80. The predicted molar refractivity (Wildman–Crippen MR) is 76.3 cm³/mol. The molecule has 1 aromatic rings. The summed E-state index contributed by atoms with van der Waals surface area (Å²) >= 11 is 0. The van der Waals surface area contributed by atoms with Gasteiger partial charge in [-0.25, -0.2) is 0 Å². The molecule has 2 rings (SSSR count). The van der Waals surface area contributed by atoms with Crippen LogP contribution in [0.25, 0.3) is 0 Å². The van der Waals surface area contributed by atoms with E-state index in [9.17, 15) is 4.79 Å². The first-order chi connectivity index (χ1) is 9.24. The highest BCUT2D eigenvalue weighted by Gasteiger charge is 2.24. The van der Waals surface area contributed by atoms with E-state index < -0.39 is 0 Å². The Morgan fingerprint density at radius 1 is 1.53 bits per heavy atom. The lowest BCUT2D eigenvalue weighted by Gasteiger charge is -2.27. The van der Waals surface area contributed by atoms with Gasteiger partial charge in [-0.05, 0) is 30.9 Å². The number of ether oxygens (including phenoxy) is 1. The lowest BCUT2D eigenvalue weighted by Crippen LogP contribution is -2.47. The van der Waals surface area contributed by atoms with E-state index in [-0.39, 0.29) is 18.0 Å². The topological polar surface area (TPSA) is 50.4 Å². The SMILES string of the molecule is CCC(COC)NC(=O)C1CCc2ccccc2N1. The van der Waals surface area contributed by atoms with E-state index >= 15 is 0 Å². The number of carbonyl (C=O) groups excluding carboxylic acids is 1. The molecule has 0 aliphatic carbocycles. The minimum Gasteiger partial charge on any atom is -0.383 e. The molecule has 4 heteroatoms. The third-order valence-corrected chi connectivity index (χ3v) is 3.57. The van der Waals surface area contributed by atoms with Crippen LogP contribution in [0, 0.1) is 0 Å². The standard InChI is InChI=1S/C15H22N2O2/c1-3-12(10-19-2)16-15(18)14-9-8-11-6-4-5-7-13(11)17-14/h4-7,12,14,17H,3,8-10H2,1-2H3,(H,16,18). The monoisotopic (exact) mass is 262 g/mol. The van der Waals surface area contributed by atoms with Gasteiger partial charge in [-0.15, -0.1) is 0 Å². The van der Waals surface area contributed by atoms with Gasteiger partial charge in [0.15, 0.2) is 0 Å². The molecule has 1 aliphatic rings. The number of fused-ring (bicyclic) bond motifs is 1. The number of methoxy groups -OCH3 is 1. The van der Waals surface area contributed by atoms with Crippen molar-refractivity contribution in [2.45, 2.75) is 38.3 Å². The van der Waals surface area contributed by atoms with Gasteiger partial charge in [0, 0.05) is 12.8 Å². The van der Waals surface area contributed by atoms with Gasteiger partial charge in [-0.3, -0.25) is 4.79 Å². The normalized spacial score (nSPS) is 19.2. The van der Waals surface area contributed by atoms with Crippen LogP contribution in [0.1, 0.15) is 25.3 Å². The number of nitrogens with one attached hydrogen (secondary N) is 2. The smallest absolute Gasteiger partial charge is 0.242 e. The highest BCUT2D eigenvalue weighted by Crippen LogP contribution is 2.24. The second-order valence-corrected chi connectivity index (χ2v) is 4.96. The number of hydrogen-bond acceptors (Lipinski definition) is 3. The Labute approximate surface area is 114 Å². The Bertz CT molecular complexity index is 434. The lowest BCUT2D eigenvalue weighted by molar-refractivity contribution is -0.123. The molecule has 1 heterocycles. The molecular weight excluding hydrogens is 240 g/mol. The molecule has 0 spiro atoms. The summed E-state index contributed by atoms with van der Waals surface area (Å²) in [5.41, 5.74) is 2.36. The molecule has 1 amide bonds. The maximum Gasteiger partial charge on any atom is 0.242 e. The first-order valence-corrected chi connectivity index (χ1v) is 6.88. The number of para-hydroxylation sites is 1. The molecule has 0 saturated heterocycles. The molecule has 2 atom stereocenters. The maximum atomic E-state index is 12.2. The van der Waals surface area contributed by atoms with Crippen molar-refractivity contribution in [1.82, 2.24) is 5.32 Å². The van der Waals surface area contributed by atoms with Crippen LogP contribution in [-0.4, -0.2) is 31.7 Å². The van der Waals surface area contributed by atoms with E-state index in [1.165, 1.54) is 5.56 Å². The third-order valence-electron chi connectivity index (χ3n) is 3.57. The van der Waals surface area contributed by atoms with Gasteiger partial charge in [-0.2, -0.15) is 0 Å². The van der Waals surface area contributed by atoms with Crippen molar-refractivity contribution in [3.63, 3.8) is 0 Å². The van der Waals surface area contributed by atoms with Gasteiger partial charge < -0.3 is 15.4 Å². The van der Waals surface area contributed by atoms with Crippen LogP contribution in [0.4, 0.5) is 5.69 Å². The van der Waals surface area contributed by atoms with Crippen molar-refractivity contribution in [2.75, 3.05) is 19.0 Å². The fourth-order valence-electron chi connectivity index (χ4n) is 2.40. The van der Waals surface area contributed by atoms with Gasteiger partial charge >= 0.3 is 0 Å². The zero-order valence-electron chi connectivity index (χ0n) is 11.6. The number of rotatable bonds is 5. The van der Waals surface area contributed by atoms with Gasteiger partial charge in [-0.1, -0.05) is 25.1 Å². The highest BCUT2D eigenvalue weighted by molar-refractivity contribution is 5.85. The van der Waals surface area contributed by atoms with E-state index in [1.54, 1.807) is 7.11 Å². The summed E-state index contributed by atoms with van der Waals surface area (Å²) in [6.07, 6.45) is 2.66. The molecule has 104 valence electrons. The zero-order chi connectivity index (χ0) is 13.7. The van der Waals surface area contributed by atoms with Gasteiger partial charge in [0.1, 0.15) is 6.04 Å². The van der Waals surface area contributed by atoms with Crippen LogP contribution in [0.15, 0.2) is 24.3 Å². The molecule has 1 aliphatic heterocycles. The summed E-state index contributed by atoms with van der Waals surface area (Å²) in [6.45, 7) is 2.61. The minimum absolute atomic E-state index is 0.0680.